The van der Waals surface area contributed by atoms with Crippen molar-refractivity contribution >= 4 is 15.9 Å². The van der Waals surface area contributed by atoms with Crippen LogP contribution >= 0.6 is 0 Å². The van der Waals surface area contributed by atoms with Gasteiger partial charge in [0.05, 0.1) is 0 Å². The van der Waals surface area contributed by atoms with Crippen molar-refractivity contribution < 1.29 is 36.3 Å². The van der Waals surface area contributed by atoms with E-state index in [0.29, 0.717) is 25.7 Å². The number of hydrogen-bond acceptors (Lipinski definition) is 5. The number of piperidine rings is 1. The average molecular weight is 430 g/mol. The quantitative estimate of drug-likeness (QED) is 0.351. The summed E-state index contributed by atoms with van der Waals surface area (Å²) in [5.74, 6) is -0.655. The predicted octanol–water partition coefficient (Wildman–Crippen LogP) is 2.60. The second kappa shape index (κ2) is 9.73. The molecule has 0 aliphatic carbocycles. The highest BCUT2D eigenvalue weighted by molar-refractivity contribution is 7.91. The number of nitrogens with one attached hydrogen (secondary N) is 1. The van der Waals surface area contributed by atoms with E-state index in [1.165, 1.54) is 9.79 Å². The highest BCUT2D eigenvalue weighted by Gasteiger charge is 2.54. The number of carbonyl (C=O) groups excluding carboxylic acids is 1. The van der Waals surface area contributed by atoms with Gasteiger partial charge < -0.3 is 4.74 Å². The van der Waals surface area contributed by atoms with Crippen molar-refractivity contribution in [2.24, 2.45) is 5.92 Å². The van der Waals surface area contributed by atoms with E-state index in [1.807, 2.05) is 0 Å². The molecule has 0 spiro atoms. The van der Waals surface area contributed by atoms with Gasteiger partial charge in [0.25, 0.3) is 5.91 Å². The van der Waals surface area contributed by atoms with Crippen LogP contribution in [-0.2, 0) is 19.6 Å². The first-order valence-electron chi connectivity index (χ1n) is 9.71. The Hall–Kier alpha value is -0.910. The van der Waals surface area contributed by atoms with Crippen LogP contribution in [0.15, 0.2) is 0 Å². The van der Waals surface area contributed by atoms with Crippen LogP contribution in [0.5, 0.6) is 0 Å². The molecule has 1 amide bonds. The fourth-order valence-corrected chi connectivity index (χ4v) is 6.17. The zero-order valence-electron chi connectivity index (χ0n) is 15.8. The maximum absolute atomic E-state index is 13.2. The van der Waals surface area contributed by atoms with E-state index in [4.69, 9.17) is 9.94 Å². The van der Waals surface area contributed by atoms with E-state index in [9.17, 15) is 26.4 Å². The zero-order chi connectivity index (χ0) is 20.8. The van der Waals surface area contributed by atoms with Crippen LogP contribution in [0.4, 0.5) is 13.2 Å². The van der Waals surface area contributed by atoms with Crippen molar-refractivity contribution in [3.8, 4) is 0 Å². The number of unbranched alkanes of at least 4 members (excludes halogenated alkanes) is 2. The lowest BCUT2D eigenvalue weighted by atomic mass is 9.92. The van der Waals surface area contributed by atoms with E-state index < -0.39 is 33.3 Å². The number of rotatable bonds is 8. The van der Waals surface area contributed by atoms with Gasteiger partial charge in [-0.1, -0.05) is 19.3 Å². The number of carbonyl (C=O) groups is 1. The molecule has 0 unspecified atom stereocenters. The van der Waals surface area contributed by atoms with Gasteiger partial charge in [0.15, 0.2) is 4.75 Å². The van der Waals surface area contributed by atoms with Gasteiger partial charge >= 0.3 is 6.18 Å². The number of hydrogen-bond donors (Lipinski definition) is 2. The molecule has 0 atom stereocenters. The van der Waals surface area contributed by atoms with Crippen LogP contribution in [0.25, 0.3) is 0 Å². The average Bonchev–Trinajstić information content (AvgIpc) is 2.67. The summed E-state index contributed by atoms with van der Waals surface area (Å²) in [6.07, 6.45) is -1.55. The molecular weight excluding hydrogens is 401 g/mol. The highest BCUT2D eigenvalue weighted by Crippen LogP contribution is 2.35. The SMILES string of the molecule is O=C(NO)C1(S(=O)(=O)N2CCC(CCCCCC(F)(F)F)CC2)CCOCC1. The third-order valence-electron chi connectivity index (χ3n) is 5.80. The lowest BCUT2D eigenvalue weighted by Crippen LogP contribution is -2.60. The Labute approximate surface area is 163 Å². The number of alkyl halides is 3. The lowest BCUT2D eigenvalue weighted by molar-refractivity contribution is -0.136. The molecule has 2 rings (SSSR count). The molecule has 2 aliphatic heterocycles. The first-order chi connectivity index (χ1) is 13.1. The van der Waals surface area contributed by atoms with Crippen molar-refractivity contribution in [3.05, 3.63) is 0 Å². The summed E-state index contributed by atoms with van der Waals surface area (Å²) in [7, 11) is -3.97. The molecule has 0 bridgehead atoms. The molecule has 2 fully saturated rings. The monoisotopic (exact) mass is 430 g/mol. The normalized spacial score (nSPS) is 22.1. The molecule has 0 radical (unpaired) electrons. The fourth-order valence-electron chi connectivity index (χ4n) is 4.03. The van der Waals surface area contributed by atoms with Crippen LogP contribution in [0.1, 0.15) is 57.8 Å². The van der Waals surface area contributed by atoms with Crippen LogP contribution in [0.2, 0.25) is 0 Å². The smallest absolute Gasteiger partial charge is 0.381 e. The van der Waals surface area contributed by atoms with Gasteiger partial charge in [-0.05, 0) is 25.2 Å². The molecule has 164 valence electrons. The van der Waals surface area contributed by atoms with Crippen molar-refractivity contribution in [1.82, 2.24) is 9.79 Å². The molecule has 0 aromatic heterocycles. The minimum Gasteiger partial charge on any atom is -0.381 e. The molecule has 0 saturated carbocycles. The van der Waals surface area contributed by atoms with Gasteiger partial charge in [0.2, 0.25) is 10.0 Å². The van der Waals surface area contributed by atoms with E-state index in [1.54, 1.807) is 0 Å². The topological polar surface area (TPSA) is 95.9 Å². The Balaban J connectivity index is 1.86. The van der Waals surface area contributed by atoms with Crippen molar-refractivity contribution in [1.29, 1.82) is 0 Å². The molecule has 2 aliphatic rings. The zero-order valence-corrected chi connectivity index (χ0v) is 16.7. The molecule has 2 heterocycles. The number of hydroxylamine groups is 1. The molecule has 0 aromatic rings. The molecule has 11 heteroatoms. The predicted molar refractivity (Wildman–Crippen MR) is 95.1 cm³/mol. The number of nitrogens with zero attached hydrogens (tertiary/aromatic N) is 1. The highest BCUT2D eigenvalue weighted by atomic mass is 32.2. The van der Waals surface area contributed by atoms with Gasteiger partial charge in [-0.2, -0.15) is 13.2 Å². The van der Waals surface area contributed by atoms with Gasteiger partial charge in [0.1, 0.15) is 0 Å². The summed E-state index contributed by atoms with van der Waals surface area (Å²) in [6.45, 7) is 0.801. The minimum atomic E-state index is -4.11. The number of amides is 1. The number of ether oxygens (including phenoxy) is 1. The van der Waals surface area contributed by atoms with E-state index in [2.05, 4.69) is 0 Å². The van der Waals surface area contributed by atoms with E-state index in [-0.39, 0.29) is 51.5 Å². The van der Waals surface area contributed by atoms with Gasteiger partial charge in [-0.3, -0.25) is 10.0 Å². The lowest BCUT2D eigenvalue weighted by Gasteiger charge is -2.40. The van der Waals surface area contributed by atoms with E-state index >= 15 is 0 Å². The molecule has 2 N–H and O–H groups in total. The maximum atomic E-state index is 13.2. The third kappa shape index (κ3) is 5.58. The van der Waals surface area contributed by atoms with Gasteiger partial charge in [0, 0.05) is 45.6 Å². The molecule has 2 saturated heterocycles. The summed E-state index contributed by atoms with van der Waals surface area (Å²) in [5, 5.41) is 9.05. The minimum absolute atomic E-state index is 0.0130. The fraction of sp³-hybridized carbons (Fsp3) is 0.941. The first-order valence-corrected chi connectivity index (χ1v) is 11.1. The van der Waals surface area contributed by atoms with Crippen LogP contribution in [0.3, 0.4) is 0 Å². The standard InChI is InChI=1S/C17H29F3N2O5S/c18-17(19,20)7-3-1-2-4-14-5-10-22(11-6-14)28(25,26)16(15(23)21-24)8-12-27-13-9-16/h14,24H,1-13H2,(H,21,23). The van der Waals surface area contributed by atoms with Crippen molar-refractivity contribution in [3.63, 3.8) is 0 Å². The Morgan fingerprint density at radius 1 is 1.14 bits per heavy atom. The molecular formula is C17H29F3N2O5S. The number of sulfonamides is 1. The Morgan fingerprint density at radius 3 is 2.29 bits per heavy atom. The molecule has 28 heavy (non-hydrogen) atoms. The van der Waals surface area contributed by atoms with Crippen LogP contribution in [0, 0.1) is 5.92 Å². The summed E-state index contributed by atoms with van der Waals surface area (Å²) in [6, 6.07) is 0. The van der Waals surface area contributed by atoms with Gasteiger partial charge in [-0.25, -0.2) is 18.2 Å². The summed E-state index contributed by atoms with van der Waals surface area (Å²) >= 11 is 0. The van der Waals surface area contributed by atoms with Crippen molar-refractivity contribution in [2.45, 2.75) is 68.7 Å². The largest absolute Gasteiger partial charge is 0.389 e. The summed E-state index contributed by atoms with van der Waals surface area (Å²) in [4.78, 5) is 12.2. The number of halogens is 3. The second-order valence-electron chi connectivity index (χ2n) is 7.61. The maximum Gasteiger partial charge on any atom is 0.389 e. The van der Waals surface area contributed by atoms with E-state index in [0.717, 1.165) is 6.42 Å². The summed E-state index contributed by atoms with van der Waals surface area (Å²) < 4.78 is 67.5. The molecule has 7 nitrogen and oxygen atoms in total. The van der Waals surface area contributed by atoms with Crippen molar-refractivity contribution in [2.75, 3.05) is 26.3 Å². The van der Waals surface area contributed by atoms with Crippen LogP contribution < -0.4 is 5.48 Å². The van der Waals surface area contributed by atoms with Crippen LogP contribution in [-0.4, -0.2) is 61.1 Å². The Morgan fingerprint density at radius 2 is 1.75 bits per heavy atom. The second-order valence-corrected chi connectivity index (χ2v) is 9.86. The Bertz CT molecular complexity index is 613. The van der Waals surface area contributed by atoms with Gasteiger partial charge in [-0.15, -0.1) is 0 Å². The summed E-state index contributed by atoms with van der Waals surface area (Å²) in [5.41, 5.74) is 1.50. The Kier molecular flexibility index (Phi) is 8.12. The third-order valence-corrected chi connectivity index (χ3v) is 8.42. The first kappa shape index (κ1) is 23.4. The molecule has 0 aromatic carbocycles.